The van der Waals surface area contributed by atoms with Gasteiger partial charge in [0, 0.05) is 22.6 Å². The second kappa shape index (κ2) is 5.80. The Hall–Kier alpha value is -2.39. The summed E-state index contributed by atoms with van der Waals surface area (Å²) < 4.78 is 5.57. The molecule has 2 heterocycles. The maximum atomic E-state index is 12.5. The van der Waals surface area contributed by atoms with Gasteiger partial charge in [-0.3, -0.25) is 9.79 Å². The number of aliphatic imine (C=N–C) groups is 1. The van der Waals surface area contributed by atoms with Gasteiger partial charge in [0.25, 0.3) is 0 Å². The molecule has 27 heavy (non-hydrogen) atoms. The number of hydrogen-bond donors (Lipinski definition) is 0. The summed E-state index contributed by atoms with van der Waals surface area (Å²) in [4.78, 5) is 17.6. The van der Waals surface area contributed by atoms with Crippen LogP contribution < -0.4 is 5.43 Å². The van der Waals surface area contributed by atoms with E-state index in [1.54, 1.807) is 0 Å². The summed E-state index contributed by atoms with van der Waals surface area (Å²) in [7, 11) is 0. The molecule has 0 unspecified atom stereocenters. The van der Waals surface area contributed by atoms with Crippen molar-refractivity contribution in [3.05, 3.63) is 80.2 Å². The fraction of sp³-hybridized carbons (Fsp3) is 0.304. The third kappa shape index (κ3) is 2.49. The highest BCUT2D eigenvalue weighted by atomic mass is 35.5. The first kappa shape index (κ1) is 18.0. The minimum atomic E-state index is -0.329. The molecule has 1 aliphatic rings. The molecule has 1 aromatic heterocycles. The molecule has 3 nitrogen and oxygen atoms in total. The van der Waals surface area contributed by atoms with Gasteiger partial charge < -0.3 is 4.42 Å². The van der Waals surface area contributed by atoms with Crippen LogP contribution in [0.1, 0.15) is 49.9 Å². The lowest BCUT2D eigenvalue weighted by atomic mass is 9.65. The quantitative estimate of drug-likeness (QED) is 0.547. The van der Waals surface area contributed by atoms with Gasteiger partial charge in [-0.25, -0.2) is 0 Å². The van der Waals surface area contributed by atoms with Gasteiger partial charge in [-0.1, -0.05) is 49.7 Å². The third-order valence-corrected chi connectivity index (χ3v) is 6.48. The molecule has 0 spiro atoms. The van der Waals surface area contributed by atoms with Crippen molar-refractivity contribution >= 4 is 28.3 Å². The topological polar surface area (TPSA) is 42.6 Å². The normalized spacial score (nSPS) is 17.5. The Balaban J connectivity index is 2.11. The summed E-state index contributed by atoms with van der Waals surface area (Å²) in [6.07, 6.45) is 1.41. The summed E-state index contributed by atoms with van der Waals surface area (Å²) >= 11 is 6.74. The Morgan fingerprint density at radius 1 is 1.04 bits per heavy atom. The van der Waals surface area contributed by atoms with Crippen LogP contribution >= 0.6 is 11.6 Å². The second-order valence-electron chi connectivity index (χ2n) is 8.23. The van der Waals surface area contributed by atoms with E-state index in [1.807, 2.05) is 19.1 Å². The van der Waals surface area contributed by atoms with E-state index < -0.39 is 0 Å². The van der Waals surface area contributed by atoms with Crippen LogP contribution in [-0.4, -0.2) is 11.3 Å². The van der Waals surface area contributed by atoms with E-state index in [0.29, 0.717) is 16.0 Å². The minimum absolute atomic E-state index is 0.134. The van der Waals surface area contributed by atoms with Gasteiger partial charge in [-0.2, -0.15) is 0 Å². The molecule has 4 heteroatoms. The summed E-state index contributed by atoms with van der Waals surface area (Å²) in [5.74, 6) is 0. The SMILES string of the molecule is Cc1cc(C2=NC(C)(C)C(C)(C)c3ccccc32)c(Cl)c2c(=O)ccoc12. The van der Waals surface area contributed by atoms with Crippen LogP contribution in [0.25, 0.3) is 11.0 Å². The van der Waals surface area contributed by atoms with E-state index >= 15 is 0 Å². The summed E-state index contributed by atoms with van der Waals surface area (Å²) in [6.45, 7) is 10.6. The van der Waals surface area contributed by atoms with Crippen molar-refractivity contribution in [2.24, 2.45) is 4.99 Å². The predicted octanol–water partition coefficient (Wildman–Crippen LogP) is 5.66. The zero-order valence-electron chi connectivity index (χ0n) is 16.2. The van der Waals surface area contributed by atoms with E-state index in [2.05, 4.69) is 45.9 Å². The predicted molar refractivity (Wildman–Crippen MR) is 111 cm³/mol. The van der Waals surface area contributed by atoms with Crippen LogP contribution in [0, 0.1) is 6.92 Å². The monoisotopic (exact) mass is 379 g/mol. The van der Waals surface area contributed by atoms with E-state index in [-0.39, 0.29) is 16.4 Å². The largest absolute Gasteiger partial charge is 0.464 e. The molecule has 3 aromatic rings. The molecule has 4 rings (SSSR count). The highest BCUT2D eigenvalue weighted by Gasteiger charge is 2.44. The smallest absolute Gasteiger partial charge is 0.194 e. The minimum Gasteiger partial charge on any atom is -0.464 e. The molecule has 0 N–H and O–H groups in total. The standard InChI is InChI=1S/C23H22ClNO2/c1-13-12-15(19(24)18-17(26)10-11-27-21(13)18)20-14-8-6-7-9-16(14)22(2,3)23(4,5)25-20/h6-12H,1-5H3. The van der Waals surface area contributed by atoms with Crippen LogP contribution in [0.15, 0.2) is 56.9 Å². The van der Waals surface area contributed by atoms with Crippen molar-refractivity contribution in [3.63, 3.8) is 0 Å². The number of hydrogen-bond acceptors (Lipinski definition) is 3. The molecule has 0 atom stereocenters. The number of halogens is 1. The Morgan fingerprint density at radius 2 is 1.74 bits per heavy atom. The van der Waals surface area contributed by atoms with E-state index in [4.69, 9.17) is 21.0 Å². The average molecular weight is 380 g/mol. The first-order chi connectivity index (χ1) is 12.6. The Bertz CT molecular complexity index is 1170. The fourth-order valence-corrected chi connectivity index (χ4v) is 4.14. The molecule has 0 fully saturated rings. The fourth-order valence-electron chi connectivity index (χ4n) is 3.82. The second-order valence-corrected chi connectivity index (χ2v) is 8.61. The summed E-state index contributed by atoms with van der Waals surface area (Å²) in [5.41, 5.74) is 4.68. The third-order valence-electron chi connectivity index (χ3n) is 6.09. The molecular formula is C23H22ClNO2. The lowest BCUT2D eigenvalue weighted by Gasteiger charge is -2.44. The first-order valence-corrected chi connectivity index (χ1v) is 9.43. The first-order valence-electron chi connectivity index (χ1n) is 9.06. The lowest BCUT2D eigenvalue weighted by Crippen LogP contribution is -2.46. The number of fused-ring (bicyclic) bond motifs is 2. The summed E-state index contributed by atoms with van der Waals surface area (Å²) in [5, 5.41) is 0.811. The maximum Gasteiger partial charge on any atom is 0.194 e. The van der Waals surface area contributed by atoms with Gasteiger partial charge >= 0.3 is 0 Å². The maximum absolute atomic E-state index is 12.5. The van der Waals surface area contributed by atoms with Crippen molar-refractivity contribution in [1.82, 2.24) is 0 Å². The van der Waals surface area contributed by atoms with Crippen LogP contribution in [0.5, 0.6) is 0 Å². The molecule has 0 amide bonds. The van der Waals surface area contributed by atoms with Gasteiger partial charge in [0.05, 0.1) is 27.9 Å². The number of nitrogens with zero attached hydrogens (tertiary/aromatic N) is 1. The Kier molecular flexibility index (Phi) is 3.87. The average Bonchev–Trinajstić information content (AvgIpc) is 2.62. The van der Waals surface area contributed by atoms with Crippen LogP contribution in [0.4, 0.5) is 0 Å². The van der Waals surface area contributed by atoms with Crippen molar-refractivity contribution in [2.45, 2.75) is 45.6 Å². The Morgan fingerprint density at radius 3 is 2.48 bits per heavy atom. The zero-order valence-corrected chi connectivity index (χ0v) is 16.9. The van der Waals surface area contributed by atoms with E-state index in [0.717, 1.165) is 22.4 Å². The number of aryl methyl sites for hydroxylation is 1. The number of benzene rings is 2. The van der Waals surface area contributed by atoms with Crippen LogP contribution in [0.2, 0.25) is 5.02 Å². The lowest BCUT2D eigenvalue weighted by molar-refractivity contribution is 0.303. The molecule has 0 saturated heterocycles. The molecule has 0 saturated carbocycles. The van der Waals surface area contributed by atoms with Crippen molar-refractivity contribution < 1.29 is 4.42 Å². The zero-order chi connectivity index (χ0) is 19.6. The highest BCUT2D eigenvalue weighted by Crippen LogP contribution is 2.44. The van der Waals surface area contributed by atoms with Gasteiger partial charge in [0.1, 0.15) is 5.58 Å². The highest BCUT2D eigenvalue weighted by molar-refractivity contribution is 6.40. The van der Waals surface area contributed by atoms with Crippen molar-refractivity contribution in [3.8, 4) is 0 Å². The van der Waals surface area contributed by atoms with E-state index in [1.165, 1.54) is 17.9 Å². The van der Waals surface area contributed by atoms with Crippen molar-refractivity contribution in [2.75, 3.05) is 0 Å². The van der Waals surface area contributed by atoms with Gasteiger partial charge in [0.15, 0.2) is 5.43 Å². The van der Waals surface area contributed by atoms with Crippen LogP contribution in [0.3, 0.4) is 0 Å². The molecule has 0 aliphatic carbocycles. The van der Waals surface area contributed by atoms with Gasteiger partial charge in [-0.15, -0.1) is 0 Å². The number of rotatable bonds is 1. The van der Waals surface area contributed by atoms with Gasteiger partial charge in [0.2, 0.25) is 0 Å². The van der Waals surface area contributed by atoms with Gasteiger partial charge in [-0.05, 0) is 38.0 Å². The molecule has 0 bridgehead atoms. The molecule has 138 valence electrons. The molecule has 1 aliphatic heterocycles. The summed E-state index contributed by atoms with van der Waals surface area (Å²) in [6, 6.07) is 11.7. The van der Waals surface area contributed by atoms with E-state index in [9.17, 15) is 4.79 Å². The Labute approximate surface area is 163 Å². The van der Waals surface area contributed by atoms with Crippen molar-refractivity contribution in [1.29, 1.82) is 0 Å². The molecule has 2 aromatic carbocycles. The molecule has 0 radical (unpaired) electrons. The van der Waals surface area contributed by atoms with Crippen LogP contribution in [-0.2, 0) is 5.41 Å². The molecular weight excluding hydrogens is 358 g/mol.